The third-order valence-corrected chi connectivity index (χ3v) is 5.53. The van der Waals surface area contributed by atoms with Crippen LogP contribution in [0.4, 0.5) is 10.2 Å². The van der Waals surface area contributed by atoms with Crippen LogP contribution in [0.1, 0.15) is 23.7 Å². The Bertz CT molecular complexity index is 928. The molecule has 8 heteroatoms. The van der Waals surface area contributed by atoms with Gasteiger partial charge in [-0.2, -0.15) is 0 Å². The van der Waals surface area contributed by atoms with Gasteiger partial charge in [-0.05, 0) is 44.3 Å². The lowest BCUT2D eigenvalue weighted by molar-refractivity contribution is 0.0695. The number of carbonyl (C=O) groups is 1. The van der Waals surface area contributed by atoms with E-state index >= 15 is 0 Å². The number of nitrogens with zero attached hydrogens (tertiary/aromatic N) is 3. The molecule has 2 aliphatic rings. The summed E-state index contributed by atoms with van der Waals surface area (Å²) in [6.07, 6.45) is 2.35. The number of anilines is 1. The van der Waals surface area contributed by atoms with Gasteiger partial charge in [0.05, 0.1) is 5.39 Å². The third kappa shape index (κ3) is 2.65. The number of pyridine rings is 2. The Morgan fingerprint density at radius 3 is 2.88 bits per heavy atom. The molecule has 2 N–H and O–H groups in total. The minimum atomic E-state index is -1.32. The largest absolute Gasteiger partial charge is 0.477 e. The van der Waals surface area contributed by atoms with Gasteiger partial charge < -0.3 is 19.9 Å². The topological polar surface area (TPSA) is 87.5 Å². The van der Waals surface area contributed by atoms with Gasteiger partial charge >= 0.3 is 5.97 Å². The van der Waals surface area contributed by atoms with Gasteiger partial charge in [0.15, 0.2) is 11.6 Å². The molecule has 2 aliphatic heterocycles. The summed E-state index contributed by atoms with van der Waals surface area (Å²) in [5, 5.41) is 12.6. The van der Waals surface area contributed by atoms with Gasteiger partial charge in [0.1, 0.15) is 11.2 Å². The number of carboxylic acids is 1. The molecular weight excluding hydrogens is 339 g/mol. The first-order valence-electron chi connectivity index (χ1n) is 8.92. The molecule has 2 fully saturated rings. The standard InChI is InChI=1S/C18H21FN4O3/c1-2-22-9-13(18(25)26)15(24)12-5-14(19)17(21-16(12)22)23-7-10-3-4-20-6-11(10)8-23/h5,9-11,20H,2-4,6-8H2,1H3,(H,25,26). The van der Waals surface area contributed by atoms with E-state index in [4.69, 9.17) is 0 Å². The Hall–Kier alpha value is -2.48. The molecule has 0 bridgehead atoms. The number of fused-ring (bicyclic) bond motifs is 2. The van der Waals surface area contributed by atoms with Crippen LogP contribution >= 0.6 is 0 Å². The van der Waals surface area contributed by atoms with Crippen LogP contribution < -0.4 is 15.6 Å². The van der Waals surface area contributed by atoms with E-state index < -0.39 is 17.2 Å². The maximum absolute atomic E-state index is 14.8. The van der Waals surface area contributed by atoms with Gasteiger partial charge in [-0.3, -0.25) is 4.79 Å². The second-order valence-corrected chi connectivity index (χ2v) is 7.05. The summed E-state index contributed by atoms with van der Waals surface area (Å²) in [5.74, 6) is -0.651. The number of nitrogens with one attached hydrogen (secondary N) is 1. The lowest BCUT2D eigenvalue weighted by Gasteiger charge is -2.23. The Morgan fingerprint density at radius 2 is 2.19 bits per heavy atom. The summed E-state index contributed by atoms with van der Waals surface area (Å²) in [6.45, 7) is 5.66. The van der Waals surface area contributed by atoms with E-state index in [-0.39, 0.29) is 16.8 Å². The molecule has 2 aromatic heterocycles. The fourth-order valence-electron chi connectivity index (χ4n) is 4.14. The minimum absolute atomic E-state index is 0.00581. The van der Waals surface area contributed by atoms with Crippen LogP contribution in [-0.4, -0.2) is 46.8 Å². The van der Waals surface area contributed by atoms with Crippen LogP contribution in [0.2, 0.25) is 0 Å². The predicted octanol–water partition coefficient (Wildman–Crippen LogP) is 1.30. The summed E-state index contributed by atoms with van der Waals surface area (Å²) in [7, 11) is 0. The molecule has 0 radical (unpaired) electrons. The van der Waals surface area contributed by atoms with Gasteiger partial charge in [-0.15, -0.1) is 0 Å². The number of rotatable bonds is 3. The molecule has 2 saturated heterocycles. The highest BCUT2D eigenvalue weighted by Gasteiger charge is 2.36. The normalized spacial score (nSPS) is 22.6. The molecule has 4 rings (SSSR count). The van der Waals surface area contributed by atoms with Gasteiger partial charge in [-0.25, -0.2) is 14.2 Å². The Labute approximate surface area is 149 Å². The van der Waals surface area contributed by atoms with Crippen molar-refractivity contribution in [2.75, 3.05) is 31.1 Å². The molecule has 0 spiro atoms. The Kier molecular flexibility index (Phi) is 4.14. The van der Waals surface area contributed by atoms with Crippen LogP contribution in [0.5, 0.6) is 0 Å². The minimum Gasteiger partial charge on any atom is -0.477 e. The number of carboxylic acid groups (broad SMARTS) is 1. The highest BCUT2D eigenvalue weighted by Crippen LogP contribution is 2.32. The number of aromatic nitrogens is 2. The fraction of sp³-hybridized carbons (Fsp3) is 0.500. The molecule has 2 aromatic rings. The highest BCUT2D eigenvalue weighted by atomic mass is 19.1. The van der Waals surface area contributed by atoms with E-state index in [9.17, 15) is 19.1 Å². The Balaban J connectivity index is 1.83. The van der Waals surface area contributed by atoms with Crippen molar-refractivity contribution < 1.29 is 14.3 Å². The predicted molar refractivity (Wildman–Crippen MR) is 95.3 cm³/mol. The van der Waals surface area contributed by atoms with E-state index in [1.807, 2.05) is 11.8 Å². The summed E-state index contributed by atoms with van der Waals surface area (Å²) in [5.41, 5.74) is -0.743. The van der Waals surface area contributed by atoms with Crippen molar-refractivity contribution in [1.82, 2.24) is 14.9 Å². The van der Waals surface area contributed by atoms with Crippen molar-refractivity contribution in [3.8, 4) is 0 Å². The molecule has 26 heavy (non-hydrogen) atoms. The fourth-order valence-corrected chi connectivity index (χ4v) is 4.14. The molecule has 4 heterocycles. The molecular formula is C18H21FN4O3. The zero-order chi connectivity index (χ0) is 18.4. The lowest BCUT2D eigenvalue weighted by atomic mass is 9.90. The molecule has 138 valence electrons. The van der Waals surface area contributed by atoms with Crippen LogP contribution in [0.15, 0.2) is 17.1 Å². The molecule has 0 aromatic carbocycles. The summed E-state index contributed by atoms with van der Waals surface area (Å²) < 4.78 is 16.4. The number of hydrogen-bond donors (Lipinski definition) is 2. The first kappa shape index (κ1) is 17.0. The molecule has 0 amide bonds. The highest BCUT2D eigenvalue weighted by molar-refractivity contribution is 5.92. The SMILES string of the molecule is CCn1cc(C(=O)O)c(=O)c2cc(F)c(N3CC4CCNCC4C3)nc21. The van der Waals surface area contributed by atoms with Crippen molar-refractivity contribution in [3.63, 3.8) is 0 Å². The molecule has 2 atom stereocenters. The molecule has 7 nitrogen and oxygen atoms in total. The maximum Gasteiger partial charge on any atom is 0.341 e. The van der Waals surface area contributed by atoms with Gasteiger partial charge in [-0.1, -0.05) is 0 Å². The summed E-state index contributed by atoms with van der Waals surface area (Å²) >= 11 is 0. The van der Waals surface area contributed by atoms with Crippen LogP contribution in [-0.2, 0) is 6.54 Å². The van der Waals surface area contributed by atoms with Crippen molar-refractivity contribution >= 4 is 22.8 Å². The van der Waals surface area contributed by atoms with E-state index in [1.54, 1.807) is 4.57 Å². The number of piperidine rings is 1. The molecule has 0 saturated carbocycles. The Morgan fingerprint density at radius 1 is 1.42 bits per heavy atom. The number of aromatic carboxylic acids is 1. The summed E-state index contributed by atoms with van der Waals surface area (Å²) in [4.78, 5) is 30.1. The van der Waals surface area contributed by atoms with Crippen LogP contribution in [0, 0.1) is 17.7 Å². The second kappa shape index (κ2) is 6.35. The quantitative estimate of drug-likeness (QED) is 0.858. The first-order valence-corrected chi connectivity index (χ1v) is 8.92. The van der Waals surface area contributed by atoms with Crippen molar-refractivity contribution in [2.45, 2.75) is 19.9 Å². The first-order chi connectivity index (χ1) is 12.5. The van der Waals surface area contributed by atoms with Crippen molar-refractivity contribution in [1.29, 1.82) is 0 Å². The average Bonchev–Trinajstić information content (AvgIpc) is 3.05. The molecule has 0 aliphatic carbocycles. The second-order valence-electron chi connectivity index (χ2n) is 7.05. The number of hydrogen-bond acceptors (Lipinski definition) is 5. The number of aryl methyl sites for hydroxylation is 1. The van der Waals surface area contributed by atoms with Gasteiger partial charge in [0, 0.05) is 25.8 Å². The van der Waals surface area contributed by atoms with Crippen molar-refractivity contribution in [2.24, 2.45) is 11.8 Å². The number of halogens is 1. The third-order valence-electron chi connectivity index (χ3n) is 5.53. The summed E-state index contributed by atoms with van der Waals surface area (Å²) in [6, 6.07) is 1.14. The monoisotopic (exact) mass is 360 g/mol. The zero-order valence-electron chi connectivity index (χ0n) is 14.5. The van der Waals surface area contributed by atoms with Crippen LogP contribution in [0.3, 0.4) is 0 Å². The average molecular weight is 360 g/mol. The van der Waals surface area contributed by atoms with E-state index in [0.29, 0.717) is 24.0 Å². The smallest absolute Gasteiger partial charge is 0.341 e. The molecule has 2 unspecified atom stereocenters. The zero-order valence-corrected chi connectivity index (χ0v) is 14.5. The van der Waals surface area contributed by atoms with Gasteiger partial charge in [0.25, 0.3) is 0 Å². The van der Waals surface area contributed by atoms with Crippen LogP contribution in [0.25, 0.3) is 11.0 Å². The van der Waals surface area contributed by atoms with Gasteiger partial charge in [0.2, 0.25) is 5.43 Å². The van der Waals surface area contributed by atoms with Crippen molar-refractivity contribution in [3.05, 3.63) is 33.9 Å². The van der Waals surface area contributed by atoms with E-state index in [1.165, 1.54) is 6.20 Å². The van der Waals surface area contributed by atoms with E-state index in [2.05, 4.69) is 10.3 Å². The maximum atomic E-state index is 14.8. The lowest BCUT2D eigenvalue weighted by Crippen LogP contribution is -2.35. The van der Waals surface area contributed by atoms with E-state index in [0.717, 1.165) is 38.7 Å².